The largest absolute Gasteiger partial charge is 0.383 e. The van der Waals surface area contributed by atoms with Crippen LogP contribution < -0.4 is 0 Å². The van der Waals surface area contributed by atoms with Crippen molar-refractivity contribution in [2.45, 2.75) is 80.8 Å². The fourth-order valence-electron chi connectivity index (χ4n) is 8.22. The number of aliphatic hydroxyl groups is 2. The highest BCUT2D eigenvalue weighted by molar-refractivity contribution is 6.21. The third-order valence-electron chi connectivity index (χ3n) is 9.99. The van der Waals surface area contributed by atoms with E-state index in [4.69, 9.17) is 26.3 Å². The molecule has 5 nitrogen and oxygen atoms in total. The van der Waals surface area contributed by atoms with Crippen molar-refractivity contribution in [2.24, 2.45) is 26.7 Å². The molecule has 1 aromatic carbocycles. The fourth-order valence-corrected chi connectivity index (χ4v) is 8.66. The number of nitrogens with zero attached hydrogens (tertiary/aromatic N) is 2. The Hall–Kier alpha value is -1.53. The monoisotopic (exact) mass is 454 g/mol. The van der Waals surface area contributed by atoms with Crippen LogP contribution in [0.3, 0.4) is 0 Å². The Labute approximate surface area is 194 Å². The number of hydrogen-bond acceptors (Lipinski definition) is 5. The van der Waals surface area contributed by atoms with Crippen molar-refractivity contribution in [3.63, 3.8) is 0 Å². The van der Waals surface area contributed by atoms with Gasteiger partial charge in [-0.05, 0) is 30.2 Å². The van der Waals surface area contributed by atoms with Crippen LogP contribution in [0.15, 0.2) is 40.8 Å². The predicted molar refractivity (Wildman–Crippen MR) is 126 cm³/mol. The molecular weight excluding hydrogens is 424 g/mol. The highest BCUT2D eigenvalue weighted by Crippen LogP contribution is 2.76. The second-order valence-electron chi connectivity index (χ2n) is 11.7. The van der Waals surface area contributed by atoms with E-state index < -0.39 is 45.0 Å². The number of epoxide rings is 1. The van der Waals surface area contributed by atoms with E-state index in [0.29, 0.717) is 23.4 Å². The van der Waals surface area contributed by atoms with Crippen LogP contribution >= 0.6 is 11.6 Å². The minimum atomic E-state index is -1.74. The summed E-state index contributed by atoms with van der Waals surface area (Å²) in [5.74, 6) is -0.411. The standard InChI is InChI=1S/C26H31ClN2O3/c1-8-23(6)16(27)12-15-21(2,3)13-10-9-11-14-17(13)24(30)20(29-14)22(4,5)18-19(32-18)25(23,28-7)26(15,24)31/h8-11,15-16,18-19,30-31H,1,7,12H2,2-6H3. The third-order valence-corrected chi connectivity index (χ3v) is 10.6. The average molecular weight is 455 g/mol. The minimum absolute atomic E-state index is 0.284. The molecule has 170 valence electrons. The van der Waals surface area contributed by atoms with Crippen molar-refractivity contribution in [3.05, 3.63) is 42.0 Å². The molecule has 2 saturated carbocycles. The molecule has 0 spiro atoms. The quantitative estimate of drug-likeness (QED) is 0.306. The summed E-state index contributed by atoms with van der Waals surface area (Å²) in [7, 11) is 0. The lowest BCUT2D eigenvalue weighted by Crippen LogP contribution is -2.83. The lowest BCUT2D eigenvalue weighted by Gasteiger charge is -2.69. The maximum atomic E-state index is 13.2. The Morgan fingerprint density at radius 3 is 2.47 bits per heavy atom. The topological polar surface area (TPSA) is 77.7 Å². The summed E-state index contributed by atoms with van der Waals surface area (Å²) < 4.78 is 6.34. The highest BCUT2D eigenvalue weighted by atomic mass is 35.5. The van der Waals surface area contributed by atoms with E-state index in [1.54, 1.807) is 6.08 Å². The first kappa shape index (κ1) is 21.0. The lowest BCUT2D eigenvalue weighted by molar-refractivity contribution is -0.253. The summed E-state index contributed by atoms with van der Waals surface area (Å²) in [6.07, 6.45) is 1.53. The van der Waals surface area contributed by atoms with E-state index in [0.717, 1.165) is 5.56 Å². The molecule has 3 fully saturated rings. The number of ether oxygens (including phenoxy) is 1. The van der Waals surface area contributed by atoms with E-state index in [9.17, 15) is 10.2 Å². The number of alkyl halides is 1. The van der Waals surface area contributed by atoms with E-state index in [-0.39, 0.29) is 11.5 Å². The van der Waals surface area contributed by atoms with Crippen molar-refractivity contribution in [1.82, 2.24) is 0 Å². The van der Waals surface area contributed by atoms with Crippen molar-refractivity contribution in [1.29, 1.82) is 0 Å². The summed E-state index contributed by atoms with van der Waals surface area (Å²) in [6, 6.07) is 5.95. The normalized spacial score (nSPS) is 50.4. The van der Waals surface area contributed by atoms with Crippen molar-refractivity contribution in [2.75, 3.05) is 0 Å². The number of fused-ring (bicyclic) bond motifs is 2. The van der Waals surface area contributed by atoms with Crippen LogP contribution in [-0.4, -0.2) is 51.4 Å². The van der Waals surface area contributed by atoms with Gasteiger partial charge in [-0.1, -0.05) is 52.8 Å². The average Bonchev–Trinajstić information content (AvgIpc) is 3.49. The number of rotatable bonds is 2. The van der Waals surface area contributed by atoms with E-state index in [2.05, 4.69) is 33.2 Å². The summed E-state index contributed by atoms with van der Waals surface area (Å²) in [5, 5.41) is 25.8. The first-order chi connectivity index (χ1) is 14.8. The molecule has 2 aliphatic heterocycles. The second-order valence-corrected chi connectivity index (χ2v) is 12.3. The van der Waals surface area contributed by atoms with Crippen molar-refractivity contribution >= 4 is 29.7 Å². The Morgan fingerprint density at radius 2 is 1.84 bits per heavy atom. The molecule has 2 heterocycles. The molecule has 6 heteroatoms. The molecule has 1 saturated heterocycles. The van der Waals surface area contributed by atoms with Crippen LogP contribution in [0.2, 0.25) is 0 Å². The van der Waals surface area contributed by atoms with Crippen molar-refractivity contribution in [3.8, 4) is 0 Å². The number of aliphatic imine (C=N–C) groups is 2. The molecular formula is C26H31ClN2O3. The fraction of sp³-hybridized carbons (Fsp3) is 0.615. The van der Waals surface area contributed by atoms with E-state index >= 15 is 0 Å². The van der Waals surface area contributed by atoms with Crippen LogP contribution in [-0.2, 0) is 15.8 Å². The molecule has 8 atom stereocenters. The third kappa shape index (κ3) is 1.67. The maximum Gasteiger partial charge on any atom is 0.162 e. The smallest absolute Gasteiger partial charge is 0.162 e. The van der Waals surface area contributed by atoms with E-state index in [1.165, 1.54) is 0 Å². The van der Waals surface area contributed by atoms with Crippen LogP contribution in [0.1, 0.15) is 52.2 Å². The molecule has 1 aromatic rings. The zero-order valence-corrected chi connectivity index (χ0v) is 20.1. The molecule has 32 heavy (non-hydrogen) atoms. The van der Waals surface area contributed by atoms with Gasteiger partial charge in [0.25, 0.3) is 0 Å². The summed E-state index contributed by atoms with van der Waals surface area (Å²) >= 11 is 7.14. The highest BCUT2D eigenvalue weighted by Gasteiger charge is 2.89. The molecule has 8 unspecified atom stereocenters. The molecule has 5 aliphatic rings. The van der Waals surface area contributed by atoms with Crippen LogP contribution in [0.25, 0.3) is 0 Å². The first-order valence-electron chi connectivity index (χ1n) is 11.4. The predicted octanol–water partition coefficient (Wildman–Crippen LogP) is 4.05. The maximum absolute atomic E-state index is 13.2. The molecule has 0 bridgehead atoms. The molecule has 6 rings (SSSR count). The van der Waals surface area contributed by atoms with Crippen LogP contribution in [0.5, 0.6) is 0 Å². The van der Waals surface area contributed by atoms with Gasteiger partial charge in [0.05, 0.1) is 17.5 Å². The van der Waals surface area contributed by atoms with Crippen LogP contribution in [0.4, 0.5) is 5.69 Å². The van der Waals surface area contributed by atoms with Gasteiger partial charge in [0.15, 0.2) is 5.60 Å². The van der Waals surface area contributed by atoms with Crippen molar-refractivity contribution < 1.29 is 14.9 Å². The Balaban J connectivity index is 1.85. The van der Waals surface area contributed by atoms with Crippen LogP contribution in [0, 0.1) is 16.7 Å². The lowest BCUT2D eigenvalue weighted by atomic mass is 9.39. The summed E-state index contributed by atoms with van der Waals surface area (Å²) in [5.41, 5.74) is -3.83. The Kier molecular flexibility index (Phi) is 3.55. The zero-order valence-electron chi connectivity index (χ0n) is 19.3. The van der Waals surface area contributed by atoms with E-state index in [1.807, 2.05) is 32.9 Å². The Morgan fingerprint density at radius 1 is 1.16 bits per heavy atom. The first-order valence-corrected chi connectivity index (χ1v) is 11.8. The summed E-state index contributed by atoms with van der Waals surface area (Å²) in [4.78, 5) is 9.71. The Bertz CT molecular complexity index is 1140. The van der Waals surface area contributed by atoms with Gasteiger partial charge in [-0.2, -0.15) is 0 Å². The molecule has 3 aliphatic carbocycles. The van der Waals surface area contributed by atoms with Gasteiger partial charge >= 0.3 is 0 Å². The molecule has 0 aromatic heterocycles. The zero-order chi connectivity index (χ0) is 23.3. The van der Waals surface area contributed by atoms with Gasteiger partial charge in [-0.3, -0.25) is 9.98 Å². The van der Waals surface area contributed by atoms with Gasteiger partial charge in [0, 0.05) is 27.7 Å². The number of benzene rings is 1. The number of hydrogen-bond donors (Lipinski definition) is 2. The SMILES string of the molecule is C=CC1(C)C(Cl)CC2C(C)(C)c3cccc4c3C3(O)C(=N4)C(C)(C)C4OC4C1(N=C)C23O. The van der Waals surface area contributed by atoms with Gasteiger partial charge in [0.1, 0.15) is 17.2 Å². The van der Waals surface area contributed by atoms with Gasteiger partial charge in [-0.15, -0.1) is 18.2 Å². The summed E-state index contributed by atoms with van der Waals surface area (Å²) in [6.45, 7) is 18.4. The minimum Gasteiger partial charge on any atom is -0.383 e. The molecule has 2 N–H and O–H groups in total. The second kappa shape index (κ2) is 5.41. The van der Waals surface area contributed by atoms with Gasteiger partial charge in [0.2, 0.25) is 0 Å². The molecule has 0 radical (unpaired) electrons. The van der Waals surface area contributed by atoms with Gasteiger partial charge in [-0.25, -0.2) is 0 Å². The van der Waals surface area contributed by atoms with Gasteiger partial charge < -0.3 is 14.9 Å². The molecule has 0 amide bonds. The number of halogens is 1.